The summed E-state index contributed by atoms with van der Waals surface area (Å²) in [6.07, 6.45) is 3.96. The van der Waals surface area contributed by atoms with Gasteiger partial charge in [-0.1, -0.05) is 30.7 Å². The highest BCUT2D eigenvalue weighted by atomic mass is 127. The fourth-order valence-corrected chi connectivity index (χ4v) is 3.50. The van der Waals surface area contributed by atoms with Crippen molar-refractivity contribution in [2.75, 3.05) is 20.1 Å². The Morgan fingerprint density at radius 2 is 1.70 bits per heavy atom. The van der Waals surface area contributed by atoms with E-state index in [0.29, 0.717) is 23.6 Å². The van der Waals surface area contributed by atoms with E-state index in [9.17, 15) is 4.39 Å². The predicted molar refractivity (Wildman–Crippen MR) is 129 cm³/mol. The van der Waals surface area contributed by atoms with Gasteiger partial charge < -0.3 is 10.6 Å². The summed E-state index contributed by atoms with van der Waals surface area (Å²) in [5.41, 5.74) is 3.38. The van der Waals surface area contributed by atoms with Crippen LogP contribution in [0.25, 0.3) is 0 Å². The molecule has 30 heavy (non-hydrogen) atoms. The third-order valence-corrected chi connectivity index (χ3v) is 5.18. The molecule has 0 aromatic heterocycles. The molecule has 2 aromatic carbocycles. The van der Waals surface area contributed by atoms with E-state index in [0.717, 1.165) is 12.1 Å². The first-order valence-corrected chi connectivity index (χ1v) is 10.1. The Bertz CT molecular complexity index is 870. The maximum atomic E-state index is 13.9. The third kappa shape index (κ3) is 7.26. The number of guanidine groups is 1. The van der Waals surface area contributed by atoms with Crippen LogP contribution in [0.3, 0.4) is 0 Å². The van der Waals surface area contributed by atoms with Crippen molar-refractivity contribution in [2.45, 2.75) is 38.9 Å². The van der Waals surface area contributed by atoms with Crippen LogP contribution in [0.2, 0.25) is 0 Å². The van der Waals surface area contributed by atoms with E-state index >= 15 is 0 Å². The number of hydrogen-bond acceptors (Lipinski definition) is 3. The number of benzene rings is 2. The number of nitriles is 1. The molecule has 2 aromatic rings. The minimum atomic E-state index is -0.337. The zero-order chi connectivity index (χ0) is 20.5. The molecule has 1 aliphatic heterocycles. The number of nitrogens with one attached hydrogen (secondary N) is 2. The van der Waals surface area contributed by atoms with Gasteiger partial charge >= 0.3 is 0 Å². The van der Waals surface area contributed by atoms with E-state index in [2.05, 4.69) is 44.8 Å². The first-order valence-electron chi connectivity index (χ1n) is 10.1. The maximum absolute atomic E-state index is 13.9. The summed E-state index contributed by atoms with van der Waals surface area (Å²) in [6.45, 7) is 4.30. The van der Waals surface area contributed by atoms with Crippen LogP contribution in [0.15, 0.2) is 47.5 Å². The van der Waals surface area contributed by atoms with Crippen LogP contribution in [0, 0.1) is 17.1 Å². The summed E-state index contributed by atoms with van der Waals surface area (Å²) in [5, 5.41) is 15.3. The fourth-order valence-electron chi connectivity index (χ4n) is 3.50. The molecule has 0 aliphatic carbocycles. The Balaban J connectivity index is 0.00000320. The maximum Gasteiger partial charge on any atom is 0.191 e. The second-order valence-corrected chi connectivity index (χ2v) is 7.35. The first-order chi connectivity index (χ1) is 14.2. The van der Waals surface area contributed by atoms with Crippen LogP contribution in [0.5, 0.6) is 0 Å². The Hall–Kier alpha value is -2.18. The van der Waals surface area contributed by atoms with Gasteiger partial charge in [0.05, 0.1) is 11.6 Å². The van der Waals surface area contributed by atoms with E-state index in [1.807, 2.05) is 6.07 Å². The minimum Gasteiger partial charge on any atom is -0.352 e. The second kappa shape index (κ2) is 12.5. The molecule has 0 saturated carbocycles. The summed E-state index contributed by atoms with van der Waals surface area (Å²) in [7, 11) is 1.68. The van der Waals surface area contributed by atoms with Crippen LogP contribution >= 0.6 is 24.0 Å². The largest absolute Gasteiger partial charge is 0.352 e. The lowest BCUT2D eigenvalue weighted by Gasteiger charge is -2.26. The van der Waals surface area contributed by atoms with Gasteiger partial charge in [0.2, 0.25) is 0 Å². The molecule has 3 rings (SSSR count). The average Bonchev–Trinajstić information content (AvgIpc) is 2.76. The monoisotopic (exact) mass is 521 g/mol. The van der Waals surface area contributed by atoms with E-state index in [1.165, 1.54) is 50.0 Å². The summed E-state index contributed by atoms with van der Waals surface area (Å²) in [6, 6.07) is 15.0. The standard InChI is InChI=1S/C23H28FN5.HI/c1-26-23(28-16-21-13-20(14-25)9-10-22(21)24)27-15-18-5-7-19(8-6-18)17-29-11-3-2-4-12-29;/h5-10,13H,2-4,11-12,15-17H2,1H3,(H2,26,27,28);1H. The molecule has 0 spiro atoms. The van der Waals surface area contributed by atoms with Crippen molar-refractivity contribution < 1.29 is 4.39 Å². The average molecular weight is 521 g/mol. The number of piperidine rings is 1. The number of nitrogens with zero attached hydrogens (tertiary/aromatic N) is 3. The van der Waals surface area contributed by atoms with Gasteiger partial charge in [-0.3, -0.25) is 9.89 Å². The lowest BCUT2D eigenvalue weighted by atomic mass is 10.1. The molecule has 160 valence electrons. The van der Waals surface area contributed by atoms with Crippen molar-refractivity contribution in [1.82, 2.24) is 15.5 Å². The molecular weight excluding hydrogens is 492 g/mol. The van der Waals surface area contributed by atoms with Crippen LogP contribution in [-0.2, 0) is 19.6 Å². The van der Waals surface area contributed by atoms with Gasteiger partial charge in [0.25, 0.3) is 0 Å². The lowest BCUT2D eigenvalue weighted by molar-refractivity contribution is 0.221. The molecule has 2 N–H and O–H groups in total. The Morgan fingerprint density at radius 3 is 2.37 bits per heavy atom. The molecule has 1 aliphatic rings. The third-order valence-electron chi connectivity index (χ3n) is 5.18. The van der Waals surface area contributed by atoms with Crippen LogP contribution in [0.1, 0.15) is 41.5 Å². The number of rotatable bonds is 6. The highest BCUT2D eigenvalue weighted by Crippen LogP contribution is 2.14. The SMILES string of the molecule is CN=C(NCc1ccc(CN2CCCCC2)cc1)NCc1cc(C#N)ccc1F.I. The minimum absolute atomic E-state index is 0. The molecule has 0 bridgehead atoms. The molecule has 1 saturated heterocycles. The van der Waals surface area contributed by atoms with Gasteiger partial charge in [-0.15, -0.1) is 24.0 Å². The molecule has 1 heterocycles. The zero-order valence-corrected chi connectivity index (χ0v) is 19.7. The molecular formula is C23H29FIN5. The van der Waals surface area contributed by atoms with Gasteiger partial charge in [0.1, 0.15) is 5.82 Å². The zero-order valence-electron chi connectivity index (χ0n) is 17.3. The fraction of sp³-hybridized carbons (Fsp3) is 0.391. The van der Waals surface area contributed by atoms with E-state index in [-0.39, 0.29) is 36.3 Å². The van der Waals surface area contributed by atoms with Crippen LogP contribution < -0.4 is 10.6 Å². The van der Waals surface area contributed by atoms with Crippen molar-refractivity contribution in [3.8, 4) is 6.07 Å². The molecule has 1 fully saturated rings. The van der Waals surface area contributed by atoms with Gasteiger partial charge in [-0.25, -0.2) is 4.39 Å². The normalized spacial score (nSPS) is 14.5. The Morgan fingerprint density at radius 1 is 1.03 bits per heavy atom. The van der Waals surface area contributed by atoms with Gasteiger partial charge in [-0.2, -0.15) is 5.26 Å². The summed E-state index contributed by atoms with van der Waals surface area (Å²) in [5.74, 6) is 0.250. The Kier molecular flexibility index (Phi) is 10.0. The van der Waals surface area contributed by atoms with E-state index < -0.39 is 0 Å². The summed E-state index contributed by atoms with van der Waals surface area (Å²) < 4.78 is 13.9. The quantitative estimate of drug-likeness (QED) is 0.341. The van der Waals surface area contributed by atoms with Crippen molar-refractivity contribution in [3.63, 3.8) is 0 Å². The smallest absolute Gasteiger partial charge is 0.191 e. The van der Waals surface area contributed by atoms with Crippen molar-refractivity contribution in [2.24, 2.45) is 4.99 Å². The molecule has 0 radical (unpaired) electrons. The van der Waals surface area contributed by atoms with Crippen LogP contribution in [0.4, 0.5) is 4.39 Å². The van der Waals surface area contributed by atoms with Gasteiger partial charge in [0, 0.05) is 32.2 Å². The lowest BCUT2D eigenvalue weighted by Crippen LogP contribution is -2.36. The first kappa shape index (κ1) is 24.1. The van der Waals surface area contributed by atoms with E-state index in [1.54, 1.807) is 13.1 Å². The highest BCUT2D eigenvalue weighted by molar-refractivity contribution is 14.0. The number of likely N-dealkylation sites (tertiary alicyclic amines) is 1. The Labute approximate surface area is 195 Å². The predicted octanol–water partition coefficient (Wildman–Crippen LogP) is 4.17. The van der Waals surface area contributed by atoms with Gasteiger partial charge in [-0.05, 0) is 55.3 Å². The number of halogens is 2. The second-order valence-electron chi connectivity index (χ2n) is 7.35. The number of aliphatic imine (C=N–C) groups is 1. The van der Waals surface area contributed by atoms with Crippen molar-refractivity contribution in [3.05, 3.63) is 70.5 Å². The number of hydrogen-bond donors (Lipinski definition) is 2. The van der Waals surface area contributed by atoms with Gasteiger partial charge in [0.15, 0.2) is 5.96 Å². The van der Waals surface area contributed by atoms with Crippen molar-refractivity contribution in [1.29, 1.82) is 5.26 Å². The summed E-state index contributed by atoms with van der Waals surface area (Å²) >= 11 is 0. The summed E-state index contributed by atoms with van der Waals surface area (Å²) in [4.78, 5) is 6.70. The topological polar surface area (TPSA) is 63.5 Å². The van der Waals surface area contributed by atoms with Crippen LogP contribution in [-0.4, -0.2) is 31.0 Å². The highest BCUT2D eigenvalue weighted by Gasteiger charge is 2.10. The molecule has 7 heteroatoms. The molecule has 5 nitrogen and oxygen atoms in total. The molecule has 0 unspecified atom stereocenters. The molecule has 0 atom stereocenters. The molecule has 0 amide bonds. The van der Waals surface area contributed by atoms with Crippen molar-refractivity contribution >= 4 is 29.9 Å². The van der Waals surface area contributed by atoms with E-state index in [4.69, 9.17) is 5.26 Å².